The van der Waals surface area contributed by atoms with Gasteiger partial charge < -0.3 is 15.8 Å². The first-order chi connectivity index (χ1) is 18.9. The Morgan fingerprint density at radius 1 is 1.03 bits per heavy atom. The van der Waals surface area contributed by atoms with Crippen molar-refractivity contribution in [1.82, 2.24) is 19.9 Å². The third-order valence-corrected chi connectivity index (χ3v) is 9.27. The second kappa shape index (κ2) is 9.38. The number of aromatic nitrogens is 3. The SMILES string of the molecule is Cc1cccc2cccc(-c3ncc4c(NCC5(N)CCC5)nc(OCC56CCCN5CCC6)nc4c3F)c12. The van der Waals surface area contributed by atoms with E-state index in [0.717, 1.165) is 67.1 Å². The number of pyridine rings is 1. The summed E-state index contributed by atoms with van der Waals surface area (Å²) in [6, 6.07) is 12.2. The van der Waals surface area contributed by atoms with Crippen molar-refractivity contribution < 1.29 is 9.13 Å². The highest BCUT2D eigenvalue weighted by Crippen LogP contribution is 2.40. The van der Waals surface area contributed by atoms with Gasteiger partial charge >= 0.3 is 6.01 Å². The summed E-state index contributed by atoms with van der Waals surface area (Å²) >= 11 is 0. The van der Waals surface area contributed by atoms with E-state index in [1.165, 1.54) is 12.8 Å². The van der Waals surface area contributed by atoms with Crippen molar-refractivity contribution in [1.29, 1.82) is 0 Å². The Balaban J connectivity index is 1.31. The Morgan fingerprint density at radius 3 is 2.54 bits per heavy atom. The predicted octanol–water partition coefficient (Wildman–Crippen LogP) is 5.59. The maximum Gasteiger partial charge on any atom is 0.319 e. The van der Waals surface area contributed by atoms with Gasteiger partial charge in [0.15, 0.2) is 5.82 Å². The second-order valence-corrected chi connectivity index (χ2v) is 11.8. The Labute approximate surface area is 228 Å². The van der Waals surface area contributed by atoms with Crippen molar-refractivity contribution in [3.63, 3.8) is 0 Å². The molecule has 3 fully saturated rings. The number of hydrogen-bond donors (Lipinski definition) is 2. The highest BCUT2D eigenvalue weighted by atomic mass is 19.1. The molecule has 0 amide bonds. The number of hydrogen-bond acceptors (Lipinski definition) is 7. The van der Waals surface area contributed by atoms with Crippen LogP contribution < -0.4 is 15.8 Å². The average Bonchev–Trinajstić information content (AvgIpc) is 3.51. The standard InChI is InChI=1S/C31H35FN6O/c1-20-7-2-8-21-9-3-10-22(24(20)21)26-25(32)27-23(17-34-26)28(35-18-30(33)11-4-12-30)37-29(36-27)39-19-31-13-5-15-38(31)16-6-14-31/h2-3,7-10,17H,4-6,11-16,18-19,33H2,1H3,(H,35,36,37). The Hall–Kier alpha value is -3.36. The molecule has 0 unspecified atom stereocenters. The fourth-order valence-electron chi connectivity index (χ4n) is 6.88. The van der Waals surface area contributed by atoms with Gasteiger partial charge in [-0.3, -0.25) is 9.88 Å². The van der Waals surface area contributed by atoms with Crippen molar-refractivity contribution >= 4 is 27.5 Å². The lowest BCUT2D eigenvalue weighted by Gasteiger charge is -2.38. The van der Waals surface area contributed by atoms with Crippen molar-refractivity contribution in [3.05, 3.63) is 54.0 Å². The molecule has 0 spiro atoms. The van der Waals surface area contributed by atoms with Gasteiger partial charge in [0.2, 0.25) is 0 Å². The first-order valence-electron chi connectivity index (χ1n) is 14.2. The molecule has 0 bridgehead atoms. The van der Waals surface area contributed by atoms with Crippen molar-refractivity contribution in [2.45, 2.75) is 62.9 Å². The van der Waals surface area contributed by atoms with Crippen LogP contribution in [0.5, 0.6) is 6.01 Å². The number of rotatable bonds is 7. The molecule has 2 aromatic carbocycles. The van der Waals surface area contributed by atoms with E-state index in [4.69, 9.17) is 15.5 Å². The van der Waals surface area contributed by atoms with Crippen molar-refractivity contribution in [3.8, 4) is 17.3 Å². The third kappa shape index (κ3) is 4.21. The van der Waals surface area contributed by atoms with Gasteiger partial charge in [0.25, 0.3) is 0 Å². The molecule has 4 heterocycles. The summed E-state index contributed by atoms with van der Waals surface area (Å²) in [6.07, 6.45) is 9.32. The Bertz CT molecular complexity index is 1550. The van der Waals surface area contributed by atoms with Gasteiger partial charge in [-0.25, -0.2) is 4.39 Å². The molecule has 8 heteroatoms. The highest BCUT2D eigenvalue weighted by Gasteiger charge is 2.45. The lowest BCUT2D eigenvalue weighted by atomic mass is 9.78. The number of ether oxygens (including phenoxy) is 1. The zero-order chi connectivity index (χ0) is 26.6. The molecular weight excluding hydrogens is 491 g/mol. The normalized spacial score (nSPS) is 19.8. The Kier molecular flexibility index (Phi) is 5.93. The zero-order valence-corrected chi connectivity index (χ0v) is 22.5. The zero-order valence-electron chi connectivity index (χ0n) is 22.5. The number of halogens is 1. The average molecular weight is 527 g/mol. The number of fused-ring (bicyclic) bond motifs is 3. The number of nitrogens with two attached hydrogens (primary N) is 1. The van der Waals surface area contributed by atoms with E-state index in [-0.39, 0.29) is 28.3 Å². The van der Waals surface area contributed by atoms with Crippen LogP contribution >= 0.6 is 0 Å². The molecule has 2 saturated heterocycles. The van der Waals surface area contributed by atoms with E-state index in [1.807, 2.05) is 43.3 Å². The van der Waals surface area contributed by atoms with E-state index in [1.54, 1.807) is 6.20 Å². The predicted molar refractivity (Wildman–Crippen MR) is 152 cm³/mol. The van der Waals surface area contributed by atoms with Crippen LogP contribution in [-0.2, 0) is 0 Å². The van der Waals surface area contributed by atoms with Gasteiger partial charge in [0.1, 0.15) is 23.6 Å². The molecular formula is C31H35FN6O. The lowest BCUT2D eigenvalue weighted by Crippen LogP contribution is -2.52. The molecule has 2 aliphatic heterocycles. The van der Waals surface area contributed by atoms with Gasteiger partial charge in [-0.2, -0.15) is 9.97 Å². The Morgan fingerprint density at radius 2 is 1.79 bits per heavy atom. The molecule has 1 aliphatic carbocycles. The first-order valence-corrected chi connectivity index (χ1v) is 14.2. The summed E-state index contributed by atoms with van der Waals surface area (Å²) in [5.74, 6) is 0.0529. The van der Waals surface area contributed by atoms with Crippen LogP contribution in [-0.4, -0.2) is 57.2 Å². The fourth-order valence-corrected chi connectivity index (χ4v) is 6.88. The number of nitrogens with one attached hydrogen (secondary N) is 1. The van der Waals surface area contributed by atoms with Crippen LogP contribution in [0.3, 0.4) is 0 Å². The third-order valence-electron chi connectivity index (χ3n) is 9.27. The number of benzene rings is 2. The topological polar surface area (TPSA) is 89.2 Å². The maximum absolute atomic E-state index is 16.4. The summed E-state index contributed by atoms with van der Waals surface area (Å²) in [7, 11) is 0. The molecule has 2 aromatic heterocycles. The second-order valence-electron chi connectivity index (χ2n) is 11.8. The summed E-state index contributed by atoms with van der Waals surface area (Å²) in [5, 5.41) is 5.97. The van der Waals surface area contributed by atoms with E-state index in [0.29, 0.717) is 24.4 Å². The van der Waals surface area contributed by atoms with Crippen LogP contribution in [0.25, 0.3) is 32.9 Å². The molecule has 4 aromatic rings. The van der Waals surface area contributed by atoms with Gasteiger partial charge in [0.05, 0.1) is 10.9 Å². The molecule has 3 N–H and O–H groups in total. The van der Waals surface area contributed by atoms with E-state index < -0.39 is 5.82 Å². The van der Waals surface area contributed by atoms with Crippen LogP contribution in [0.2, 0.25) is 0 Å². The summed E-state index contributed by atoms with van der Waals surface area (Å²) in [5.41, 5.74) is 8.59. The highest BCUT2D eigenvalue weighted by molar-refractivity contribution is 6.00. The van der Waals surface area contributed by atoms with Crippen molar-refractivity contribution in [2.75, 3.05) is 31.6 Å². The molecule has 0 atom stereocenters. The summed E-state index contributed by atoms with van der Waals surface area (Å²) < 4.78 is 22.7. The molecule has 1 saturated carbocycles. The minimum Gasteiger partial charge on any atom is -0.461 e. The number of nitrogens with zero attached hydrogens (tertiary/aromatic N) is 4. The minimum absolute atomic E-state index is 0.0432. The summed E-state index contributed by atoms with van der Waals surface area (Å²) in [6.45, 7) is 5.34. The molecule has 7 nitrogen and oxygen atoms in total. The largest absolute Gasteiger partial charge is 0.461 e. The molecule has 202 valence electrons. The molecule has 7 rings (SSSR count). The first kappa shape index (κ1) is 24.7. The molecule has 0 radical (unpaired) electrons. The van der Waals surface area contributed by atoms with Gasteiger partial charge in [0, 0.05) is 23.8 Å². The van der Waals surface area contributed by atoms with E-state index in [2.05, 4.69) is 20.2 Å². The lowest BCUT2D eigenvalue weighted by molar-refractivity contribution is 0.108. The maximum atomic E-state index is 16.4. The van der Waals surface area contributed by atoms with E-state index >= 15 is 4.39 Å². The van der Waals surface area contributed by atoms with Gasteiger partial charge in [-0.15, -0.1) is 0 Å². The smallest absolute Gasteiger partial charge is 0.319 e. The van der Waals surface area contributed by atoms with Gasteiger partial charge in [-0.1, -0.05) is 36.4 Å². The quantitative estimate of drug-likeness (QED) is 0.324. The van der Waals surface area contributed by atoms with Crippen LogP contribution in [0.1, 0.15) is 50.5 Å². The monoisotopic (exact) mass is 526 g/mol. The van der Waals surface area contributed by atoms with Gasteiger partial charge in [-0.05, 0) is 81.3 Å². The van der Waals surface area contributed by atoms with Crippen molar-refractivity contribution in [2.24, 2.45) is 5.73 Å². The fraction of sp³-hybridized carbons (Fsp3) is 0.452. The summed E-state index contributed by atoms with van der Waals surface area (Å²) in [4.78, 5) is 16.5. The molecule has 3 aliphatic rings. The number of anilines is 1. The van der Waals surface area contributed by atoms with Crippen LogP contribution in [0, 0.1) is 12.7 Å². The van der Waals surface area contributed by atoms with Crippen LogP contribution in [0.15, 0.2) is 42.6 Å². The minimum atomic E-state index is -0.466. The number of aryl methyl sites for hydroxylation is 1. The van der Waals surface area contributed by atoms with E-state index in [9.17, 15) is 0 Å². The van der Waals surface area contributed by atoms with Crippen LogP contribution in [0.4, 0.5) is 10.2 Å². The molecule has 39 heavy (non-hydrogen) atoms.